The van der Waals surface area contributed by atoms with Gasteiger partial charge in [0.25, 0.3) is 0 Å². The number of hydrogen-bond donors (Lipinski definition) is 1. The lowest BCUT2D eigenvalue weighted by atomic mass is 9.80. The zero-order valence-corrected chi connectivity index (χ0v) is 13.0. The summed E-state index contributed by atoms with van der Waals surface area (Å²) in [6.45, 7) is 3.61. The molecule has 0 saturated carbocycles. The van der Waals surface area contributed by atoms with E-state index >= 15 is 0 Å². The minimum absolute atomic E-state index is 0.0603. The summed E-state index contributed by atoms with van der Waals surface area (Å²) in [5.74, 6) is 0.297. The molecular formula is C14H19ClO5. The molecule has 1 aromatic carbocycles. The summed E-state index contributed by atoms with van der Waals surface area (Å²) in [5.41, 5.74) is -0.00885. The third-order valence-electron chi connectivity index (χ3n) is 3.09. The molecule has 1 rings (SSSR count). The summed E-state index contributed by atoms with van der Waals surface area (Å²) in [6, 6.07) is 1.70. The van der Waals surface area contributed by atoms with Gasteiger partial charge >= 0.3 is 5.97 Å². The van der Waals surface area contributed by atoms with Gasteiger partial charge in [0, 0.05) is 11.0 Å². The fourth-order valence-corrected chi connectivity index (χ4v) is 2.46. The van der Waals surface area contributed by atoms with E-state index in [1.54, 1.807) is 19.9 Å². The third kappa shape index (κ3) is 3.10. The highest BCUT2D eigenvalue weighted by Crippen LogP contribution is 2.48. The Hall–Kier alpha value is -1.62. The van der Waals surface area contributed by atoms with E-state index in [4.69, 9.17) is 30.9 Å². The van der Waals surface area contributed by atoms with Crippen molar-refractivity contribution in [3.63, 3.8) is 0 Å². The normalized spacial score (nSPS) is 11.1. The first-order chi connectivity index (χ1) is 9.28. The molecule has 0 amide bonds. The number of carboxylic acid groups (broad SMARTS) is 1. The van der Waals surface area contributed by atoms with Crippen molar-refractivity contribution in [1.29, 1.82) is 0 Å². The van der Waals surface area contributed by atoms with Gasteiger partial charge in [-0.1, -0.05) is 25.4 Å². The highest BCUT2D eigenvalue weighted by molar-refractivity contribution is 6.34. The van der Waals surface area contributed by atoms with Gasteiger partial charge in [-0.25, -0.2) is 0 Å². The Kier molecular flexibility index (Phi) is 5.11. The first kappa shape index (κ1) is 16.4. The predicted molar refractivity (Wildman–Crippen MR) is 76.4 cm³/mol. The number of halogens is 1. The van der Waals surface area contributed by atoms with Gasteiger partial charge in [0.1, 0.15) is 10.8 Å². The second-order valence-electron chi connectivity index (χ2n) is 4.96. The first-order valence-corrected chi connectivity index (χ1v) is 6.37. The van der Waals surface area contributed by atoms with E-state index in [1.165, 1.54) is 21.3 Å². The molecule has 5 nitrogen and oxygen atoms in total. The Morgan fingerprint density at radius 3 is 2.15 bits per heavy atom. The fourth-order valence-electron chi connectivity index (χ4n) is 2.11. The standard InChI is InChI=1S/C14H19ClO5/c1-14(2,7-10(16)17)8-6-9(18-3)13(20-5)11(15)12(8)19-4/h6H,7H2,1-5H3,(H,16,17). The lowest BCUT2D eigenvalue weighted by Crippen LogP contribution is -2.22. The number of carbonyl (C=O) groups is 1. The summed E-state index contributed by atoms with van der Waals surface area (Å²) in [4.78, 5) is 11.0. The van der Waals surface area contributed by atoms with Gasteiger partial charge < -0.3 is 19.3 Å². The van der Waals surface area contributed by atoms with Crippen molar-refractivity contribution in [3.8, 4) is 17.2 Å². The minimum atomic E-state index is -0.900. The van der Waals surface area contributed by atoms with Gasteiger partial charge in [0.15, 0.2) is 11.5 Å². The average Bonchev–Trinajstić information content (AvgIpc) is 2.35. The first-order valence-electron chi connectivity index (χ1n) is 5.99. The molecule has 0 heterocycles. The van der Waals surface area contributed by atoms with Crippen LogP contribution in [0.1, 0.15) is 25.8 Å². The quantitative estimate of drug-likeness (QED) is 0.874. The van der Waals surface area contributed by atoms with E-state index in [0.29, 0.717) is 22.8 Å². The Labute approximate surface area is 123 Å². The second-order valence-corrected chi connectivity index (χ2v) is 5.34. The number of carboxylic acids is 1. The molecule has 1 aromatic rings. The summed E-state index contributed by atoms with van der Waals surface area (Å²) in [5, 5.41) is 9.31. The van der Waals surface area contributed by atoms with Crippen molar-refractivity contribution in [2.45, 2.75) is 25.7 Å². The van der Waals surface area contributed by atoms with Gasteiger partial charge in [-0.3, -0.25) is 4.79 Å². The highest BCUT2D eigenvalue weighted by Gasteiger charge is 2.31. The van der Waals surface area contributed by atoms with E-state index in [0.717, 1.165) is 0 Å². The molecule has 1 N–H and O–H groups in total. The number of aliphatic carboxylic acids is 1. The second kappa shape index (κ2) is 6.22. The van der Waals surface area contributed by atoms with Gasteiger partial charge in [0.05, 0.1) is 27.8 Å². The number of methoxy groups -OCH3 is 3. The van der Waals surface area contributed by atoms with Crippen LogP contribution in [0.2, 0.25) is 5.02 Å². The van der Waals surface area contributed by atoms with Crippen LogP contribution < -0.4 is 14.2 Å². The number of rotatable bonds is 6. The van der Waals surface area contributed by atoms with Crippen LogP contribution >= 0.6 is 11.6 Å². The van der Waals surface area contributed by atoms with Crippen LogP contribution in [-0.4, -0.2) is 32.4 Å². The van der Waals surface area contributed by atoms with E-state index in [2.05, 4.69) is 0 Å². The third-order valence-corrected chi connectivity index (χ3v) is 3.44. The van der Waals surface area contributed by atoms with Gasteiger partial charge in [-0.05, 0) is 6.07 Å². The monoisotopic (exact) mass is 302 g/mol. The average molecular weight is 303 g/mol. The molecule has 0 radical (unpaired) electrons. The molecule has 0 unspecified atom stereocenters. The molecule has 0 atom stereocenters. The van der Waals surface area contributed by atoms with Crippen LogP contribution in [0.15, 0.2) is 6.07 Å². The topological polar surface area (TPSA) is 65.0 Å². The summed E-state index contributed by atoms with van der Waals surface area (Å²) in [6.07, 6.45) is -0.0603. The lowest BCUT2D eigenvalue weighted by Gasteiger charge is -2.27. The zero-order chi connectivity index (χ0) is 15.5. The Balaban J connectivity index is 3.53. The summed E-state index contributed by atoms with van der Waals surface area (Å²) < 4.78 is 15.8. The molecule has 0 aliphatic carbocycles. The largest absolute Gasteiger partial charge is 0.495 e. The zero-order valence-electron chi connectivity index (χ0n) is 12.2. The molecule has 20 heavy (non-hydrogen) atoms. The maximum absolute atomic E-state index is 11.0. The van der Waals surface area contributed by atoms with Crippen molar-refractivity contribution >= 4 is 17.6 Å². The predicted octanol–water partition coefficient (Wildman–Crippen LogP) is 3.12. The van der Waals surface area contributed by atoms with Crippen LogP contribution in [0.4, 0.5) is 0 Å². The fraction of sp³-hybridized carbons (Fsp3) is 0.500. The molecule has 112 valence electrons. The van der Waals surface area contributed by atoms with E-state index < -0.39 is 11.4 Å². The number of ether oxygens (including phenoxy) is 3. The van der Waals surface area contributed by atoms with E-state index in [9.17, 15) is 4.79 Å². The van der Waals surface area contributed by atoms with Gasteiger partial charge in [-0.15, -0.1) is 0 Å². The van der Waals surface area contributed by atoms with Crippen LogP contribution in [-0.2, 0) is 10.2 Å². The molecular weight excluding hydrogens is 284 g/mol. The maximum atomic E-state index is 11.0. The smallest absolute Gasteiger partial charge is 0.304 e. The maximum Gasteiger partial charge on any atom is 0.304 e. The van der Waals surface area contributed by atoms with E-state index in [1.807, 2.05) is 0 Å². The van der Waals surface area contributed by atoms with Crippen molar-refractivity contribution in [2.75, 3.05) is 21.3 Å². The molecule has 0 bridgehead atoms. The van der Waals surface area contributed by atoms with Crippen molar-refractivity contribution in [1.82, 2.24) is 0 Å². The van der Waals surface area contributed by atoms with Crippen molar-refractivity contribution < 1.29 is 24.1 Å². The lowest BCUT2D eigenvalue weighted by molar-refractivity contribution is -0.138. The van der Waals surface area contributed by atoms with Crippen LogP contribution in [0.5, 0.6) is 17.2 Å². The van der Waals surface area contributed by atoms with Crippen molar-refractivity contribution in [3.05, 3.63) is 16.7 Å². The Bertz CT molecular complexity index is 511. The molecule has 0 spiro atoms. The van der Waals surface area contributed by atoms with Crippen molar-refractivity contribution in [2.24, 2.45) is 0 Å². The Morgan fingerprint density at radius 2 is 1.75 bits per heavy atom. The van der Waals surface area contributed by atoms with Gasteiger partial charge in [-0.2, -0.15) is 0 Å². The minimum Gasteiger partial charge on any atom is -0.495 e. The number of benzene rings is 1. The Morgan fingerprint density at radius 1 is 1.20 bits per heavy atom. The van der Waals surface area contributed by atoms with Crippen LogP contribution in [0.3, 0.4) is 0 Å². The highest BCUT2D eigenvalue weighted by atomic mass is 35.5. The molecule has 0 saturated heterocycles. The SMILES string of the molecule is COc1cc(C(C)(C)CC(=O)O)c(OC)c(Cl)c1OC. The molecule has 0 fully saturated rings. The molecule has 6 heteroatoms. The molecule has 0 aliphatic heterocycles. The van der Waals surface area contributed by atoms with Crippen LogP contribution in [0.25, 0.3) is 0 Å². The number of hydrogen-bond acceptors (Lipinski definition) is 4. The van der Waals surface area contributed by atoms with E-state index in [-0.39, 0.29) is 11.4 Å². The van der Waals surface area contributed by atoms with Gasteiger partial charge in [0.2, 0.25) is 0 Å². The molecule has 0 aliphatic rings. The summed E-state index contributed by atoms with van der Waals surface area (Å²) >= 11 is 6.26. The summed E-state index contributed by atoms with van der Waals surface area (Å²) in [7, 11) is 4.45. The molecule has 0 aromatic heterocycles. The van der Waals surface area contributed by atoms with Crippen LogP contribution in [0, 0.1) is 0 Å².